The Morgan fingerprint density at radius 1 is 1.43 bits per heavy atom. The van der Waals surface area contributed by atoms with Crippen LogP contribution in [-0.2, 0) is 11.3 Å². The lowest BCUT2D eigenvalue weighted by molar-refractivity contribution is -0.108. The third-order valence-electron chi connectivity index (χ3n) is 3.22. The third-order valence-corrected chi connectivity index (χ3v) is 3.22. The zero-order valence-electron chi connectivity index (χ0n) is 12.4. The molecule has 0 spiro atoms. The van der Waals surface area contributed by atoms with Gasteiger partial charge in [-0.05, 0) is 13.0 Å². The summed E-state index contributed by atoms with van der Waals surface area (Å²) in [7, 11) is 0. The van der Waals surface area contributed by atoms with Gasteiger partial charge in [-0.25, -0.2) is 4.98 Å². The maximum atomic E-state index is 12.4. The van der Waals surface area contributed by atoms with Gasteiger partial charge in [0.15, 0.2) is 17.8 Å². The SMILES string of the molecule is Cc1cccc(-c2ocnc2C(=O)Nc2cnn(CC=O)c2)c1. The molecule has 0 aliphatic rings. The summed E-state index contributed by atoms with van der Waals surface area (Å²) in [5, 5.41) is 6.65. The van der Waals surface area contributed by atoms with Crippen molar-refractivity contribution in [2.75, 3.05) is 5.32 Å². The van der Waals surface area contributed by atoms with E-state index in [1.807, 2.05) is 31.2 Å². The van der Waals surface area contributed by atoms with Crippen molar-refractivity contribution in [2.24, 2.45) is 0 Å². The first-order valence-corrected chi connectivity index (χ1v) is 6.95. The molecule has 0 aliphatic heterocycles. The maximum Gasteiger partial charge on any atom is 0.278 e. The van der Waals surface area contributed by atoms with Crippen LogP contribution in [0.15, 0.2) is 47.5 Å². The van der Waals surface area contributed by atoms with Crippen LogP contribution >= 0.6 is 0 Å². The van der Waals surface area contributed by atoms with Gasteiger partial charge in [0.25, 0.3) is 5.91 Å². The number of carbonyl (C=O) groups is 2. The quantitative estimate of drug-likeness (QED) is 0.730. The Balaban J connectivity index is 1.83. The summed E-state index contributed by atoms with van der Waals surface area (Å²) in [6, 6.07) is 7.62. The molecule has 0 saturated heterocycles. The fourth-order valence-electron chi connectivity index (χ4n) is 2.19. The molecule has 3 aromatic rings. The lowest BCUT2D eigenvalue weighted by atomic mass is 10.1. The van der Waals surface area contributed by atoms with Gasteiger partial charge in [-0.1, -0.05) is 23.8 Å². The van der Waals surface area contributed by atoms with Crippen LogP contribution in [0.25, 0.3) is 11.3 Å². The number of rotatable bonds is 5. The van der Waals surface area contributed by atoms with Gasteiger partial charge in [0, 0.05) is 11.8 Å². The number of nitrogens with zero attached hydrogens (tertiary/aromatic N) is 3. The van der Waals surface area contributed by atoms with Gasteiger partial charge in [-0.15, -0.1) is 0 Å². The number of anilines is 1. The molecule has 2 heterocycles. The van der Waals surface area contributed by atoms with Gasteiger partial charge in [0.05, 0.1) is 18.4 Å². The number of aldehydes is 1. The molecule has 3 rings (SSSR count). The Hall–Kier alpha value is -3.22. The minimum atomic E-state index is -0.402. The van der Waals surface area contributed by atoms with Gasteiger partial charge < -0.3 is 14.5 Å². The van der Waals surface area contributed by atoms with E-state index in [2.05, 4.69) is 15.4 Å². The van der Waals surface area contributed by atoms with Crippen molar-refractivity contribution in [2.45, 2.75) is 13.5 Å². The van der Waals surface area contributed by atoms with Crippen molar-refractivity contribution in [3.8, 4) is 11.3 Å². The molecule has 116 valence electrons. The average molecular weight is 310 g/mol. The number of hydrogen-bond acceptors (Lipinski definition) is 5. The summed E-state index contributed by atoms with van der Waals surface area (Å²) in [4.78, 5) is 26.8. The van der Waals surface area contributed by atoms with Crippen LogP contribution in [0.1, 0.15) is 16.1 Å². The number of carbonyl (C=O) groups excluding carboxylic acids is 2. The fraction of sp³-hybridized carbons (Fsp3) is 0.125. The molecule has 0 bridgehead atoms. The Kier molecular flexibility index (Phi) is 4.01. The van der Waals surface area contributed by atoms with Gasteiger partial charge in [-0.3, -0.25) is 9.48 Å². The van der Waals surface area contributed by atoms with Crippen LogP contribution in [0.5, 0.6) is 0 Å². The summed E-state index contributed by atoms with van der Waals surface area (Å²) in [6.45, 7) is 2.09. The van der Waals surface area contributed by atoms with E-state index >= 15 is 0 Å². The first-order chi connectivity index (χ1) is 11.2. The molecule has 0 saturated carbocycles. The summed E-state index contributed by atoms with van der Waals surface area (Å²) in [5.74, 6) is 0.00684. The monoisotopic (exact) mass is 310 g/mol. The Morgan fingerprint density at radius 2 is 2.30 bits per heavy atom. The normalized spacial score (nSPS) is 10.5. The summed E-state index contributed by atoms with van der Waals surface area (Å²) in [6.07, 6.45) is 5.00. The van der Waals surface area contributed by atoms with Crippen molar-refractivity contribution in [3.63, 3.8) is 0 Å². The highest BCUT2D eigenvalue weighted by atomic mass is 16.3. The predicted molar refractivity (Wildman–Crippen MR) is 82.9 cm³/mol. The molecule has 1 aromatic carbocycles. The van der Waals surface area contributed by atoms with Crippen LogP contribution in [0, 0.1) is 6.92 Å². The zero-order chi connectivity index (χ0) is 16.2. The first kappa shape index (κ1) is 14.7. The molecule has 1 N–H and O–H groups in total. The van der Waals surface area contributed by atoms with E-state index in [-0.39, 0.29) is 12.2 Å². The molecular formula is C16H14N4O3. The van der Waals surface area contributed by atoms with Gasteiger partial charge in [-0.2, -0.15) is 5.10 Å². The summed E-state index contributed by atoms with van der Waals surface area (Å²) in [5.41, 5.74) is 2.51. The molecule has 2 aromatic heterocycles. The highest BCUT2D eigenvalue weighted by Gasteiger charge is 2.19. The predicted octanol–water partition coefficient (Wildman–Crippen LogP) is 2.30. The van der Waals surface area contributed by atoms with E-state index in [4.69, 9.17) is 4.42 Å². The van der Waals surface area contributed by atoms with E-state index in [1.54, 1.807) is 6.20 Å². The second-order valence-electron chi connectivity index (χ2n) is 4.97. The standard InChI is InChI=1S/C16H14N4O3/c1-11-3-2-4-12(7-11)15-14(17-10-23-15)16(22)19-13-8-18-20(9-13)5-6-21/h2-4,6-10H,5H2,1H3,(H,19,22). The van der Waals surface area contributed by atoms with E-state index < -0.39 is 5.91 Å². The highest BCUT2D eigenvalue weighted by molar-refractivity contribution is 6.06. The Labute approximate surface area is 131 Å². The minimum Gasteiger partial charge on any atom is -0.443 e. The molecule has 0 radical (unpaired) electrons. The molecule has 23 heavy (non-hydrogen) atoms. The van der Waals surface area contributed by atoms with Gasteiger partial charge in [0.2, 0.25) is 0 Å². The molecule has 7 heteroatoms. The van der Waals surface area contributed by atoms with Crippen molar-refractivity contribution < 1.29 is 14.0 Å². The number of hydrogen-bond donors (Lipinski definition) is 1. The van der Waals surface area contributed by atoms with E-state index in [1.165, 1.54) is 17.3 Å². The van der Waals surface area contributed by atoms with E-state index in [0.29, 0.717) is 11.4 Å². The topological polar surface area (TPSA) is 90.0 Å². The Bertz CT molecular complexity index is 850. The minimum absolute atomic E-state index is 0.133. The lowest BCUT2D eigenvalue weighted by Crippen LogP contribution is -2.13. The van der Waals surface area contributed by atoms with Crippen molar-refractivity contribution in [1.29, 1.82) is 0 Å². The van der Waals surface area contributed by atoms with Crippen molar-refractivity contribution in [1.82, 2.24) is 14.8 Å². The summed E-state index contributed by atoms with van der Waals surface area (Å²) >= 11 is 0. The molecule has 0 atom stereocenters. The molecule has 0 fully saturated rings. The second-order valence-corrected chi connectivity index (χ2v) is 4.97. The number of oxazole rings is 1. The van der Waals surface area contributed by atoms with Crippen LogP contribution in [0.2, 0.25) is 0 Å². The highest BCUT2D eigenvalue weighted by Crippen LogP contribution is 2.24. The molecule has 0 unspecified atom stereocenters. The molecular weight excluding hydrogens is 296 g/mol. The van der Waals surface area contributed by atoms with Gasteiger partial charge in [0.1, 0.15) is 6.29 Å². The number of aryl methyl sites for hydroxylation is 1. The van der Waals surface area contributed by atoms with Crippen molar-refractivity contribution in [3.05, 3.63) is 54.3 Å². The van der Waals surface area contributed by atoms with Crippen LogP contribution in [0.4, 0.5) is 5.69 Å². The molecule has 7 nitrogen and oxygen atoms in total. The van der Waals surface area contributed by atoms with Gasteiger partial charge >= 0.3 is 0 Å². The number of amides is 1. The van der Waals surface area contributed by atoms with E-state index in [0.717, 1.165) is 17.4 Å². The third kappa shape index (κ3) is 3.18. The van der Waals surface area contributed by atoms with Crippen LogP contribution in [-0.4, -0.2) is 27.0 Å². The second kappa shape index (κ2) is 6.27. The lowest BCUT2D eigenvalue weighted by Gasteiger charge is -2.03. The maximum absolute atomic E-state index is 12.4. The van der Waals surface area contributed by atoms with E-state index in [9.17, 15) is 9.59 Å². The smallest absolute Gasteiger partial charge is 0.278 e. The van der Waals surface area contributed by atoms with Crippen LogP contribution < -0.4 is 5.32 Å². The zero-order valence-corrected chi connectivity index (χ0v) is 12.4. The largest absolute Gasteiger partial charge is 0.443 e. The Morgan fingerprint density at radius 3 is 3.09 bits per heavy atom. The average Bonchev–Trinajstić information content (AvgIpc) is 3.17. The fourth-order valence-corrected chi connectivity index (χ4v) is 2.19. The first-order valence-electron chi connectivity index (χ1n) is 6.95. The molecule has 0 aliphatic carbocycles. The molecule has 1 amide bonds. The summed E-state index contributed by atoms with van der Waals surface area (Å²) < 4.78 is 6.79. The van der Waals surface area contributed by atoms with Crippen molar-refractivity contribution >= 4 is 17.9 Å². The number of aromatic nitrogens is 3. The number of nitrogens with one attached hydrogen (secondary N) is 1. The van der Waals surface area contributed by atoms with Crippen LogP contribution in [0.3, 0.4) is 0 Å². The number of benzene rings is 1.